The van der Waals surface area contributed by atoms with E-state index in [2.05, 4.69) is 48.5 Å². The van der Waals surface area contributed by atoms with Crippen molar-refractivity contribution in [1.29, 1.82) is 0 Å². The van der Waals surface area contributed by atoms with Crippen molar-refractivity contribution in [3.63, 3.8) is 0 Å². The molecule has 21 heavy (non-hydrogen) atoms. The van der Waals surface area contributed by atoms with Gasteiger partial charge < -0.3 is 4.52 Å². The van der Waals surface area contributed by atoms with Crippen molar-refractivity contribution in [2.24, 2.45) is 10.9 Å². The van der Waals surface area contributed by atoms with Gasteiger partial charge in [0.1, 0.15) is 5.76 Å². The Morgan fingerprint density at radius 3 is 2.57 bits per heavy atom. The highest BCUT2D eigenvalue weighted by atomic mass is 16.5. The Morgan fingerprint density at radius 1 is 1.14 bits per heavy atom. The molecule has 2 aromatic rings. The second-order valence-corrected chi connectivity index (χ2v) is 5.66. The Kier molecular flexibility index (Phi) is 3.74. The standard InChI is InChI=1S/C18H20N2O/c1-12-17(18-13(2)20-21-14(18)3)10-16(11-19-12)9-15-7-5-4-6-8-15/h4-8,10,16H,9,11H2,1-3H3. The van der Waals surface area contributed by atoms with Crippen LogP contribution in [0.4, 0.5) is 0 Å². The van der Waals surface area contributed by atoms with E-state index in [4.69, 9.17) is 9.52 Å². The topological polar surface area (TPSA) is 38.4 Å². The quantitative estimate of drug-likeness (QED) is 0.852. The molecule has 1 aliphatic rings. The molecule has 1 atom stereocenters. The predicted octanol–water partition coefficient (Wildman–Crippen LogP) is 4.01. The van der Waals surface area contributed by atoms with E-state index < -0.39 is 0 Å². The predicted molar refractivity (Wildman–Crippen MR) is 85.6 cm³/mol. The molecule has 0 aliphatic carbocycles. The summed E-state index contributed by atoms with van der Waals surface area (Å²) < 4.78 is 5.30. The van der Waals surface area contributed by atoms with Gasteiger partial charge in [-0.1, -0.05) is 41.6 Å². The Labute approximate surface area is 125 Å². The van der Waals surface area contributed by atoms with Crippen LogP contribution in [0.5, 0.6) is 0 Å². The largest absolute Gasteiger partial charge is 0.361 e. The first-order valence-electron chi connectivity index (χ1n) is 7.35. The van der Waals surface area contributed by atoms with Gasteiger partial charge in [-0.3, -0.25) is 4.99 Å². The third-order valence-electron chi connectivity index (χ3n) is 4.00. The molecule has 2 heterocycles. The van der Waals surface area contributed by atoms with E-state index in [-0.39, 0.29) is 0 Å². The van der Waals surface area contributed by atoms with Crippen LogP contribution in [0.1, 0.15) is 29.5 Å². The third-order valence-corrected chi connectivity index (χ3v) is 4.00. The van der Waals surface area contributed by atoms with Crippen LogP contribution in [0.3, 0.4) is 0 Å². The van der Waals surface area contributed by atoms with Crippen molar-refractivity contribution in [2.75, 3.05) is 6.54 Å². The van der Waals surface area contributed by atoms with E-state index >= 15 is 0 Å². The van der Waals surface area contributed by atoms with E-state index in [0.717, 1.165) is 35.7 Å². The van der Waals surface area contributed by atoms with Crippen molar-refractivity contribution in [2.45, 2.75) is 27.2 Å². The molecule has 0 radical (unpaired) electrons. The fourth-order valence-corrected chi connectivity index (χ4v) is 2.92. The first-order chi connectivity index (χ1) is 10.1. The first kappa shape index (κ1) is 13.8. The zero-order valence-corrected chi connectivity index (χ0v) is 12.8. The lowest BCUT2D eigenvalue weighted by Crippen LogP contribution is -2.15. The van der Waals surface area contributed by atoms with Crippen LogP contribution in [-0.4, -0.2) is 17.4 Å². The average Bonchev–Trinajstić information content (AvgIpc) is 2.82. The maximum absolute atomic E-state index is 5.30. The first-order valence-corrected chi connectivity index (χ1v) is 7.35. The Bertz CT molecular complexity index is 676. The lowest BCUT2D eigenvalue weighted by atomic mass is 9.89. The SMILES string of the molecule is CC1=NCC(Cc2ccccc2)C=C1c1c(C)noc1C. The van der Waals surface area contributed by atoms with Crippen LogP contribution >= 0.6 is 0 Å². The number of aromatic nitrogens is 1. The van der Waals surface area contributed by atoms with Crippen molar-refractivity contribution >= 4 is 11.3 Å². The molecule has 0 saturated heterocycles. The van der Waals surface area contributed by atoms with Gasteiger partial charge in [-0.2, -0.15) is 0 Å². The molecule has 0 saturated carbocycles. The second-order valence-electron chi connectivity index (χ2n) is 5.66. The van der Waals surface area contributed by atoms with Crippen LogP contribution < -0.4 is 0 Å². The number of aryl methyl sites for hydroxylation is 2. The maximum atomic E-state index is 5.30. The van der Waals surface area contributed by atoms with E-state index in [0.29, 0.717) is 5.92 Å². The highest BCUT2D eigenvalue weighted by molar-refractivity contribution is 6.23. The number of hydrogen-bond acceptors (Lipinski definition) is 3. The summed E-state index contributed by atoms with van der Waals surface area (Å²) in [6.07, 6.45) is 3.35. The zero-order valence-electron chi connectivity index (χ0n) is 12.8. The Balaban J connectivity index is 1.90. The molecule has 1 aromatic carbocycles. The molecule has 0 N–H and O–H groups in total. The summed E-state index contributed by atoms with van der Waals surface area (Å²) in [6.45, 7) is 6.87. The lowest BCUT2D eigenvalue weighted by Gasteiger charge is -2.19. The molecule has 1 aliphatic heterocycles. The van der Waals surface area contributed by atoms with E-state index in [1.54, 1.807) is 0 Å². The number of hydrogen-bond donors (Lipinski definition) is 0. The van der Waals surface area contributed by atoms with Crippen LogP contribution in [0.2, 0.25) is 0 Å². The maximum Gasteiger partial charge on any atom is 0.141 e. The molecule has 1 aromatic heterocycles. The summed E-state index contributed by atoms with van der Waals surface area (Å²) in [5, 5.41) is 4.06. The molecule has 0 spiro atoms. The fourth-order valence-electron chi connectivity index (χ4n) is 2.92. The van der Waals surface area contributed by atoms with Gasteiger partial charge in [0.05, 0.1) is 5.69 Å². The van der Waals surface area contributed by atoms with Crippen LogP contribution in [0, 0.1) is 19.8 Å². The number of nitrogens with zero attached hydrogens (tertiary/aromatic N) is 2. The average molecular weight is 280 g/mol. The minimum Gasteiger partial charge on any atom is -0.361 e. The zero-order chi connectivity index (χ0) is 14.8. The summed E-state index contributed by atoms with van der Waals surface area (Å²) in [5.41, 5.74) is 5.65. The number of allylic oxidation sites excluding steroid dienone is 1. The number of aliphatic imine (C=N–C) groups is 1. The summed E-state index contributed by atoms with van der Waals surface area (Å²) in [6, 6.07) is 10.6. The normalized spacial score (nSPS) is 18.3. The van der Waals surface area contributed by atoms with Gasteiger partial charge in [-0.05, 0) is 32.8 Å². The van der Waals surface area contributed by atoms with E-state index in [1.807, 2.05) is 13.8 Å². The fraction of sp³-hybridized carbons (Fsp3) is 0.333. The van der Waals surface area contributed by atoms with Gasteiger partial charge in [0.2, 0.25) is 0 Å². The Morgan fingerprint density at radius 2 is 1.90 bits per heavy atom. The number of dihydropyridines is 1. The smallest absolute Gasteiger partial charge is 0.141 e. The van der Waals surface area contributed by atoms with Crippen molar-refractivity contribution < 1.29 is 4.52 Å². The van der Waals surface area contributed by atoms with Gasteiger partial charge in [-0.25, -0.2) is 0 Å². The minimum atomic E-state index is 0.430. The summed E-state index contributed by atoms with van der Waals surface area (Å²) in [7, 11) is 0. The molecule has 0 amide bonds. The summed E-state index contributed by atoms with van der Waals surface area (Å²) in [5.74, 6) is 1.30. The van der Waals surface area contributed by atoms with Gasteiger partial charge in [-0.15, -0.1) is 0 Å². The van der Waals surface area contributed by atoms with Crippen molar-refractivity contribution in [1.82, 2.24) is 5.16 Å². The van der Waals surface area contributed by atoms with Crippen molar-refractivity contribution in [3.8, 4) is 0 Å². The van der Waals surface area contributed by atoms with Crippen LogP contribution in [-0.2, 0) is 6.42 Å². The molecule has 0 bridgehead atoms. The van der Waals surface area contributed by atoms with Gasteiger partial charge in [0.25, 0.3) is 0 Å². The van der Waals surface area contributed by atoms with Gasteiger partial charge in [0, 0.05) is 29.3 Å². The van der Waals surface area contributed by atoms with Gasteiger partial charge in [0.15, 0.2) is 0 Å². The minimum absolute atomic E-state index is 0.430. The summed E-state index contributed by atoms with van der Waals surface area (Å²) >= 11 is 0. The molecule has 3 rings (SSSR count). The second kappa shape index (κ2) is 5.68. The van der Waals surface area contributed by atoms with Crippen LogP contribution in [0.25, 0.3) is 5.57 Å². The Hall–Kier alpha value is -2.16. The highest BCUT2D eigenvalue weighted by Gasteiger charge is 2.21. The number of benzene rings is 1. The molecule has 1 unspecified atom stereocenters. The lowest BCUT2D eigenvalue weighted by molar-refractivity contribution is 0.393. The monoisotopic (exact) mass is 280 g/mol. The molecular formula is C18H20N2O. The molecule has 108 valence electrons. The number of rotatable bonds is 3. The third kappa shape index (κ3) is 2.82. The van der Waals surface area contributed by atoms with Crippen LogP contribution in [0.15, 0.2) is 45.9 Å². The van der Waals surface area contributed by atoms with Gasteiger partial charge >= 0.3 is 0 Å². The molecule has 3 heteroatoms. The molecular weight excluding hydrogens is 260 g/mol. The summed E-state index contributed by atoms with van der Waals surface area (Å²) in [4.78, 5) is 4.71. The molecule has 0 fully saturated rings. The highest BCUT2D eigenvalue weighted by Crippen LogP contribution is 2.29. The van der Waals surface area contributed by atoms with Crippen molar-refractivity contribution in [3.05, 3.63) is 59.0 Å². The van der Waals surface area contributed by atoms with E-state index in [9.17, 15) is 0 Å². The molecule has 3 nitrogen and oxygen atoms in total. The van der Waals surface area contributed by atoms with E-state index in [1.165, 1.54) is 11.1 Å².